The predicted octanol–water partition coefficient (Wildman–Crippen LogP) is 6.18. The first-order chi connectivity index (χ1) is 19.5. The molecule has 0 radical (unpaired) electrons. The van der Waals surface area contributed by atoms with Gasteiger partial charge in [-0.05, 0) is 48.2 Å². The van der Waals surface area contributed by atoms with Gasteiger partial charge in [0.1, 0.15) is 41.3 Å². The molecule has 1 aliphatic rings. The average Bonchev–Trinajstić information content (AvgIpc) is 3.57. The van der Waals surface area contributed by atoms with E-state index in [9.17, 15) is 9.18 Å². The molecule has 7 nitrogen and oxygen atoms in total. The van der Waals surface area contributed by atoms with Gasteiger partial charge in [-0.3, -0.25) is 10.1 Å². The normalized spacial score (nSPS) is 16.4. The monoisotopic (exact) mass is 596 g/mol. The molecule has 206 valence electrons. The Morgan fingerprint density at radius 1 is 1.27 bits per heavy atom. The summed E-state index contributed by atoms with van der Waals surface area (Å²) in [4.78, 5) is 22.4. The van der Waals surface area contributed by atoms with Gasteiger partial charge in [0, 0.05) is 24.4 Å². The summed E-state index contributed by atoms with van der Waals surface area (Å²) in [5.74, 6) is 7.90. The number of ether oxygens (including phenoxy) is 2. The van der Waals surface area contributed by atoms with Gasteiger partial charge in [-0.1, -0.05) is 35.6 Å². The lowest BCUT2D eigenvalue weighted by Crippen LogP contribution is -2.21. The molecule has 1 aliphatic heterocycles. The van der Waals surface area contributed by atoms with Crippen LogP contribution in [0.1, 0.15) is 23.3 Å². The van der Waals surface area contributed by atoms with E-state index in [1.807, 2.05) is 18.4 Å². The summed E-state index contributed by atoms with van der Waals surface area (Å²) in [6.07, 6.45) is 4.41. The van der Waals surface area contributed by atoms with Gasteiger partial charge >= 0.3 is 5.97 Å². The van der Waals surface area contributed by atoms with Crippen LogP contribution in [0.15, 0.2) is 54.9 Å². The fourth-order valence-corrected chi connectivity index (χ4v) is 5.59. The second kappa shape index (κ2) is 13.3. The van der Waals surface area contributed by atoms with E-state index in [0.717, 1.165) is 26.5 Å². The Balaban J connectivity index is 1.22. The van der Waals surface area contributed by atoms with Gasteiger partial charge in [-0.25, -0.2) is 14.4 Å². The molecule has 0 unspecified atom stereocenters. The molecule has 11 heteroatoms. The molecule has 1 fully saturated rings. The third-order valence-corrected chi connectivity index (χ3v) is 7.94. The number of benzene rings is 2. The van der Waals surface area contributed by atoms with E-state index < -0.39 is 0 Å². The predicted molar refractivity (Wildman–Crippen MR) is 159 cm³/mol. The quantitative estimate of drug-likeness (QED) is 0.175. The number of fused-ring (bicyclic) bond motifs is 1. The van der Waals surface area contributed by atoms with Crippen LogP contribution in [-0.2, 0) is 16.1 Å². The SMILES string of the molecule is CSCCC(=O)O[C@H]1CN[C@H](C#Cc2cc3c(Nc4ccc(OCc5cccc(F)c5)c(Cl)c4)ncnc3s2)C1. The number of thioether (sulfide) groups is 1. The standard InChI is InChI=1S/C29H26ClFN4O3S2/c1-39-10-9-27(36)38-22-12-20(32-15-22)5-7-23-14-24-28(33-17-34-29(24)40-23)35-21-6-8-26(25(30)13-21)37-16-18-3-2-4-19(31)11-18/h2-4,6,8,11,13-14,17,20,22,32H,9-10,12,15-16H2,1H3,(H,33,34,35)/t20-,22-/m1/s1. The number of aromatic nitrogens is 2. The average molecular weight is 597 g/mol. The minimum Gasteiger partial charge on any atom is -0.487 e. The van der Waals surface area contributed by atoms with Crippen LogP contribution in [0.3, 0.4) is 0 Å². The molecule has 0 amide bonds. The van der Waals surface area contributed by atoms with E-state index in [-0.39, 0.29) is 30.5 Å². The highest BCUT2D eigenvalue weighted by atomic mass is 35.5. The highest BCUT2D eigenvalue weighted by Crippen LogP contribution is 2.33. The number of nitrogens with one attached hydrogen (secondary N) is 2. The minimum absolute atomic E-state index is 0.0453. The third-order valence-electron chi connectivity index (χ3n) is 6.08. The molecule has 2 aromatic heterocycles. The molecule has 5 rings (SSSR count). The first kappa shape index (κ1) is 28.2. The highest BCUT2D eigenvalue weighted by molar-refractivity contribution is 7.98. The number of rotatable bonds is 9. The van der Waals surface area contributed by atoms with Crippen LogP contribution in [-0.4, -0.2) is 46.6 Å². The molecule has 2 N–H and O–H groups in total. The van der Waals surface area contributed by atoms with Crippen LogP contribution in [0.4, 0.5) is 15.9 Å². The van der Waals surface area contributed by atoms with Crippen LogP contribution < -0.4 is 15.4 Å². The summed E-state index contributed by atoms with van der Waals surface area (Å²) in [5, 5.41) is 7.88. The van der Waals surface area contributed by atoms with Crippen LogP contribution in [0, 0.1) is 17.7 Å². The van der Waals surface area contributed by atoms with E-state index in [2.05, 4.69) is 32.4 Å². The molecule has 0 aliphatic carbocycles. The van der Waals surface area contributed by atoms with Crippen molar-refractivity contribution in [3.8, 4) is 17.6 Å². The maximum absolute atomic E-state index is 13.4. The fraction of sp³-hybridized carbons (Fsp3) is 0.276. The Kier molecular flexibility index (Phi) is 9.39. The summed E-state index contributed by atoms with van der Waals surface area (Å²) in [6, 6.07) is 13.5. The number of thiophene rings is 1. The largest absolute Gasteiger partial charge is 0.487 e. The number of hydrogen-bond donors (Lipinski definition) is 2. The van der Waals surface area contributed by atoms with Crippen molar-refractivity contribution < 1.29 is 18.7 Å². The number of nitrogens with zero attached hydrogens (tertiary/aromatic N) is 2. The van der Waals surface area contributed by atoms with Gasteiger partial charge in [0.25, 0.3) is 0 Å². The van der Waals surface area contributed by atoms with Crippen LogP contribution >= 0.6 is 34.7 Å². The van der Waals surface area contributed by atoms with Crippen molar-refractivity contribution in [3.05, 3.63) is 76.1 Å². The molecule has 0 spiro atoms. The lowest BCUT2D eigenvalue weighted by atomic mass is 10.2. The Hall–Kier alpha value is -3.36. The zero-order chi connectivity index (χ0) is 27.9. The van der Waals surface area contributed by atoms with Gasteiger partial charge in [0.05, 0.1) is 27.7 Å². The second-order valence-corrected chi connectivity index (χ2v) is 11.5. The molecular weight excluding hydrogens is 571 g/mol. The van der Waals surface area contributed by atoms with Gasteiger partial charge in [0.15, 0.2) is 0 Å². The van der Waals surface area contributed by atoms with Crippen molar-refractivity contribution in [3.63, 3.8) is 0 Å². The third kappa shape index (κ3) is 7.43. The van der Waals surface area contributed by atoms with Gasteiger partial charge in [0.2, 0.25) is 0 Å². The van der Waals surface area contributed by atoms with Crippen molar-refractivity contribution in [2.45, 2.75) is 31.6 Å². The van der Waals surface area contributed by atoms with Crippen LogP contribution in [0.2, 0.25) is 5.02 Å². The lowest BCUT2D eigenvalue weighted by molar-refractivity contribution is -0.147. The molecular formula is C29H26ClFN4O3S2. The van der Waals surface area contributed by atoms with E-state index in [1.54, 1.807) is 36.0 Å². The van der Waals surface area contributed by atoms with Gasteiger partial charge in [-0.2, -0.15) is 11.8 Å². The summed E-state index contributed by atoms with van der Waals surface area (Å²) < 4.78 is 24.7. The zero-order valence-corrected chi connectivity index (χ0v) is 24.0. The van der Waals surface area contributed by atoms with Gasteiger partial charge < -0.3 is 14.8 Å². The first-order valence-electron chi connectivity index (χ1n) is 12.6. The molecule has 40 heavy (non-hydrogen) atoms. The van der Waals surface area contributed by atoms with Crippen LogP contribution in [0.25, 0.3) is 10.2 Å². The van der Waals surface area contributed by atoms with E-state index in [0.29, 0.717) is 41.5 Å². The molecule has 1 saturated heterocycles. The molecule has 0 bridgehead atoms. The Morgan fingerprint density at radius 2 is 2.17 bits per heavy atom. The second-order valence-electron chi connectivity index (χ2n) is 9.06. The van der Waals surface area contributed by atoms with Gasteiger partial charge in [-0.15, -0.1) is 11.3 Å². The number of anilines is 2. The maximum atomic E-state index is 13.4. The Bertz CT molecular complexity index is 1570. The van der Waals surface area contributed by atoms with Crippen molar-refractivity contribution >= 4 is 62.4 Å². The topological polar surface area (TPSA) is 85.4 Å². The van der Waals surface area contributed by atoms with E-state index in [1.165, 1.54) is 29.8 Å². The number of carbonyl (C=O) groups excluding carboxylic acids is 1. The number of carbonyl (C=O) groups is 1. The Morgan fingerprint density at radius 3 is 3.00 bits per heavy atom. The van der Waals surface area contributed by atoms with Crippen LogP contribution in [0.5, 0.6) is 5.75 Å². The summed E-state index contributed by atoms with van der Waals surface area (Å²) in [5.41, 5.74) is 1.45. The smallest absolute Gasteiger partial charge is 0.306 e. The van der Waals surface area contributed by atoms with Crippen molar-refractivity contribution in [1.82, 2.24) is 15.3 Å². The van der Waals surface area contributed by atoms with Crippen molar-refractivity contribution in [2.75, 3.05) is 23.9 Å². The molecule has 0 saturated carbocycles. The summed E-state index contributed by atoms with van der Waals surface area (Å²) in [7, 11) is 0. The first-order valence-corrected chi connectivity index (χ1v) is 15.2. The lowest BCUT2D eigenvalue weighted by Gasteiger charge is -2.11. The summed E-state index contributed by atoms with van der Waals surface area (Å²) >= 11 is 9.57. The van der Waals surface area contributed by atoms with E-state index >= 15 is 0 Å². The fourth-order valence-electron chi connectivity index (χ4n) is 4.13. The zero-order valence-electron chi connectivity index (χ0n) is 21.6. The number of hydrogen-bond acceptors (Lipinski definition) is 9. The number of esters is 1. The molecule has 4 aromatic rings. The molecule has 2 aromatic carbocycles. The minimum atomic E-state index is -0.311. The van der Waals surface area contributed by atoms with E-state index in [4.69, 9.17) is 21.1 Å². The highest BCUT2D eigenvalue weighted by Gasteiger charge is 2.25. The number of halogens is 2. The molecule has 3 heterocycles. The molecule has 2 atom stereocenters. The Labute approximate surface area is 244 Å². The van der Waals surface area contributed by atoms with Crippen molar-refractivity contribution in [2.24, 2.45) is 0 Å². The summed E-state index contributed by atoms with van der Waals surface area (Å²) in [6.45, 7) is 0.809. The maximum Gasteiger partial charge on any atom is 0.306 e. The van der Waals surface area contributed by atoms with Crippen molar-refractivity contribution in [1.29, 1.82) is 0 Å².